The number of hydrogen-bond donors (Lipinski definition) is 1. The molecule has 1 aromatic rings. The molecular weight excluding hydrogens is 226 g/mol. The van der Waals surface area contributed by atoms with E-state index in [2.05, 4.69) is 39.6 Å². The van der Waals surface area contributed by atoms with Gasteiger partial charge in [0.2, 0.25) is 0 Å². The molecule has 0 saturated carbocycles. The number of likely N-dealkylation sites (tertiary alicyclic amines) is 1. The molecule has 2 rings (SSSR count). The lowest BCUT2D eigenvalue weighted by Gasteiger charge is -2.25. The highest BCUT2D eigenvalue weighted by Gasteiger charge is 2.22. The Balaban J connectivity index is 1.80. The summed E-state index contributed by atoms with van der Waals surface area (Å²) >= 11 is 0. The molecule has 5 nitrogen and oxygen atoms in total. The SMILES string of the molecule is CN(Cc1cn(CCN)cn1)CC1CCCN1C. The third-order valence-corrected chi connectivity index (χ3v) is 3.70. The minimum atomic E-state index is 0.665. The van der Waals surface area contributed by atoms with Gasteiger partial charge in [-0.3, -0.25) is 4.90 Å². The Morgan fingerprint density at radius 3 is 3.06 bits per heavy atom. The highest BCUT2D eigenvalue weighted by Crippen LogP contribution is 2.16. The van der Waals surface area contributed by atoms with Crippen molar-refractivity contribution in [1.82, 2.24) is 19.4 Å². The van der Waals surface area contributed by atoms with Crippen molar-refractivity contribution in [3.8, 4) is 0 Å². The Labute approximate surface area is 110 Å². The zero-order valence-corrected chi connectivity index (χ0v) is 11.5. The molecule has 1 fully saturated rings. The molecule has 0 radical (unpaired) electrons. The molecule has 18 heavy (non-hydrogen) atoms. The molecule has 0 aliphatic carbocycles. The molecule has 1 atom stereocenters. The van der Waals surface area contributed by atoms with Crippen molar-refractivity contribution in [2.45, 2.75) is 32.0 Å². The molecule has 5 heteroatoms. The van der Waals surface area contributed by atoms with E-state index in [9.17, 15) is 0 Å². The average molecular weight is 251 g/mol. The summed E-state index contributed by atoms with van der Waals surface area (Å²) in [6, 6.07) is 0.709. The first-order valence-corrected chi connectivity index (χ1v) is 6.78. The van der Waals surface area contributed by atoms with E-state index in [4.69, 9.17) is 5.73 Å². The van der Waals surface area contributed by atoms with Gasteiger partial charge >= 0.3 is 0 Å². The van der Waals surface area contributed by atoms with Crippen LogP contribution in [0.3, 0.4) is 0 Å². The van der Waals surface area contributed by atoms with E-state index in [-0.39, 0.29) is 0 Å². The van der Waals surface area contributed by atoms with E-state index in [1.54, 1.807) is 0 Å². The Hall–Kier alpha value is -0.910. The van der Waals surface area contributed by atoms with Gasteiger partial charge in [-0.2, -0.15) is 0 Å². The van der Waals surface area contributed by atoms with Crippen LogP contribution in [0.25, 0.3) is 0 Å². The van der Waals surface area contributed by atoms with Crippen LogP contribution >= 0.6 is 0 Å². The molecule has 0 bridgehead atoms. The molecule has 2 heterocycles. The number of nitrogens with two attached hydrogens (primary N) is 1. The van der Waals surface area contributed by atoms with Crippen molar-refractivity contribution >= 4 is 0 Å². The molecule has 0 spiro atoms. The minimum absolute atomic E-state index is 0.665. The van der Waals surface area contributed by atoms with Crippen molar-refractivity contribution in [2.75, 3.05) is 33.7 Å². The van der Waals surface area contributed by atoms with E-state index in [0.29, 0.717) is 12.6 Å². The first kappa shape index (κ1) is 13.5. The topological polar surface area (TPSA) is 50.3 Å². The summed E-state index contributed by atoms with van der Waals surface area (Å²) in [6.45, 7) is 4.80. The van der Waals surface area contributed by atoms with Gasteiger partial charge in [-0.25, -0.2) is 4.98 Å². The maximum absolute atomic E-state index is 5.53. The van der Waals surface area contributed by atoms with Crippen LogP contribution in [0.2, 0.25) is 0 Å². The lowest BCUT2D eigenvalue weighted by atomic mass is 10.2. The van der Waals surface area contributed by atoms with Crippen LogP contribution in [0.15, 0.2) is 12.5 Å². The third-order valence-electron chi connectivity index (χ3n) is 3.70. The highest BCUT2D eigenvalue weighted by molar-refractivity contribution is 4.96. The van der Waals surface area contributed by atoms with Crippen molar-refractivity contribution in [1.29, 1.82) is 0 Å². The average Bonchev–Trinajstić information content (AvgIpc) is 2.90. The maximum Gasteiger partial charge on any atom is 0.0950 e. The quantitative estimate of drug-likeness (QED) is 0.793. The van der Waals surface area contributed by atoms with E-state index in [1.807, 2.05) is 6.33 Å². The van der Waals surface area contributed by atoms with Crippen LogP contribution < -0.4 is 5.73 Å². The van der Waals surface area contributed by atoms with Gasteiger partial charge in [0.25, 0.3) is 0 Å². The lowest BCUT2D eigenvalue weighted by Crippen LogP contribution is -2.36. The Bertz CT molecular complexity index is 362. The van der Waals surface area contributed by atoms with E-state index in [0.717, 1.165) is 25.3 Å². The predicted octanol–water partition coefficient (Wildman–Crippen LogP) is 0.368. The minimum Gasteiger partial charge on any atom is -0.336 e. The predicted molar refractivity (Wildman–Crippen MR) is 73.3 cm³/mol. The molecular formula is C13H25N5. The molecule has 2 N–H and O–H groups in total. The van der Waals surface area contributed by atoms with Crippen molar-refractivity contribution in [2.24, 2.45) is 5.73 Å². The molecule has 1 aliphatic rings. The summed E-state index contributed by atoms with van der Waals surface area (Å²) in [5.74, 6) is 0. The monoisotopic (exact) mass is 251 g/mol. The Kier molecular flexibility index (Phi) is 4.74. The van der Waals surface area contributed by atoms with Gasteiger partial charge in [0, 0.05) is 38.4 Å². The Morgan fingerprint density at radius 2 is 2.39 bits per heavy atom. The summed E-state index contributed by atoms with van der Waals surface area (Å²) in [5, 5.41) is 0. The number of imidazole rings is 1. The van der Waals surface area contributed by atoms with Gasteiger partial charge < -0.3 is 15.2 Å². The highest BCUT2D eigenvalue weighted by atomic mass is 15.2. The van der Waals surface area contributed by atoms with Crippen molar-refractivity contribution in [3.05, 3.63) is 18.2 Å². The fourth-order valence-corrected chi connectivity index (χ4v) is 2.67. The molecule has 1 saturated heterocycles. The number of rotatable bonds is 6. The number of likely N-dealkylation sites (N-methyl/N-ethyl adjacent to an activating group) is 2. The second-order valence-corrected chi connectivity index (χ2v) is 5.36. The number of aromatic nitrogens is 2. The van der Waals surface area contributed by atoms with Gasteiger partial charge in [-0.05, 0) is 33.5 Å². The molecule has 1 unspecified atom stereocenters. The van der Waals surface area contributed by atoms with Crippen LogP contribution in [0.1, 0.15) is 18.5 Å². The normalized spacial score (nSPS) is 21.0. The largest absolute Gasteiger partial charge is 0.336 e. The van der Waals surface area contributed by atoms with E-state index < -0.39 is 0 Å². The van der Waals surface area contributed by atoms with Gasteiger partial charge in [-0.1, -0.05) is 0 Å². The maximum atomic E-state index is 5.53. The van der Waals surface area contributed by atoms with Crippen LogP contribution in [0.5, 0.6) is 0 Å². The molecule has 0 aromatic carbocycles. The third kappa shape index (κ3) is 3.54. The smallest absolute Gasteiger partial charge is 0.0950 e. The fraction of sp³-hybridized carbons (Fsp3) is 0.769. The summed E-state index contributed by atoms with van der Waals surface area (Å²) in [6.07, 6.45) is 6.63. The van der Waals surface area contributed by atoms with E-state index >= 15 is 0 Å². The second-order valence-electron chi connectivity index (χ2n) is 5.36. The number of nitrogens with zero attached hydrogens (tertiary/aromatic N) is 4. The molecule has 102 valence electrons. The molecule has 1 aliphatic heterocycles. The van der Waals surface area contributed by atoms with Crippen molar-refractivity contribution in [3.63, 3.8) is 0 Å². The van der Waals surface area contributed by atoms with Crippen LogP contribution in [-0.2, 0) is 13.1 Å². The standard InChI is InChI=1S/C13H25N5/c1-16(10-13-4-3-6-17(13)2)8-12-9-18(7-5-14)11-15-12/h9,11,13H,3-8,10,14H2,1-2H3. The zero-order valence-electron chi connectivity index (χ0n) is 11.5. The van der Waals surface area contributed by atoms with Gasteiger partial charge in [0.15, 0.2) is 0 Å². The van der Waals surface area contributed by atoms with Gasteiger partial charge in [0.05, 0.1) is 12.0 Å². The van der Waals surface area contributed by atoms with Crippen LogP contribution in [0, 0.1) is 0 Å². The Morgan fingerprint density at radius 1 is 1.56 bits per heavy atom. The first-order chi connectivity index (χ1) is 8.69. The first-order valence-electron chi connectivity index (χ1n) is 6.78. The summed E-state index contributed by atoms with van der Waals surface area (Å²) in [7, 11) is 4.40. The summed E-state index contributed by atoms with van der Waals surface area (Å²) < 4.78 is 2.06. The van der Waals surface area contributed by atoms with Gasteiger partial charge in [0.1, 0.15) is 0 Å². The van der Waals surface area contributed by atoms with Crippen LogP contribution in [0.4, 0.5) is 0 Å². The van der Waals surface area contributed by atoms with Crippen LogP contribution in [-0.4, -0.2) is 59.1 Å². The van der Waals surface area contributed by atoms with Gasteiger partial charge in [-0.15, -0.1) is 0 Å². The second kappa shape index (κ2) is 6.31. The fourth-order valence-electron chi connectivity index (χ4n) is 2.67. The van der Waals surface area contributed by atoms with Crippen molar-refractivity contribution < 1.29 is 0 Å². The summed E-state index contributed by atoms with van der Waals surface area (Å²) in [5.41, 5.74) is 6.66. The number of hydrogen-bond acceptors (Lipinski definition) is 4. The van der Waals surface area contributed by atoms with E-state index in [1.165, 1.54) is 19.4 Å². The lowest BCUT2D eigenvalue weighted by molar-refractivity contribution is 0.214. The zero-order chi connectivity index (χ0) is 13.0. The summed E-state index contributed by atoms with van der Waals surface area (Å²) in [4.78, 5) is 9.25. The molecule has 0 amide bonds. The molecule has 1 aromatic heterocycles.